The smallest absolute Gasteiger partial charge is 0.161 e. The normalized spacial score (nSPS) is 14.9. The van der Waals surface area contributed by atoms with E-state index in [2.05, 4.69) is 10.4 Å². The molecule has 3 N–H and O–H groups in total. The van der Waals surface area contributed by atoms with Crippen LogP contribution in [0.15, 0.2) is 36.7 Å². The molecule has 2 heterocycles. The molecule has 104 valence electrons. The van der Waals surface area contributed by atoms with Crippen molar-refractivity contribution in [2.45, 2.75) is 13.0 Å². The molecule has 1 aliphatic rings. The summed E-state index contributed by atoms with van der Waals surface area (Å²) in [6.45, 7) is 3.19. The van der Waals surface area contributed by atoms with Gasteiger partial charge in [0.05, 0.1) is 6.04 Å². The molecule has 5 nitrogen and oxygen atoms in total. The molecule has 1 aromatic heterocycles. The number of fused-ring (bicyclic) bond motifs is 1. The second-order valence-electron chi connectivity index (χ2n) is 4.74. The van der Waals surface area contributed by atoms with Crippen LogP contribution in [0.4, 0.5) is 0 Å². The fraction of sp³-hybridized carbons (Fsp3) is 0.267. The van der Waals surface area contributed by atoms with Crippen LogP contribution in [0.5, 0.6) is 11.5 Å². The first-order valence-corrected chi connectivity index (χ1v) is 6.56. The summed E-state index contributed by atoms with van der Waals surface area (Å²) in [7, 11) is 0. The highest BCUT2D eigenvalue weighted by Gasteiger charge is 2.18. The van der Waals surface area contributed by atoms with Crippen LogP contribution in [0.1, 0.15) is 22.7 Å². The van der Waals surface area contributed by atoms with Crippen molar-refractivity contribution in [1.29, 1.82) is 0 Å². The molecule has 0 bridgehead atoms. The van der Waals surface area contributed by atoms with Crippen LogP contribution in [0.3, 0.4) is 0 Å². The molecular formula is C15H17N3O2. The number of ether oxygens (including phenoxy) is 2. The third-order valence-electron chi connectivity index (χ3n) is 3.44. The lowest BCUT2D eigenvalue weighted by atomic mass is 9.96. The molecule has 3 rings (SSSR count). The minimum Gasteiger partial charge on any atom is -0.486 e. The Morgan fingerprint density at radius 1 is 1.20 bits per heavy atom. The van der Waals surface area contributed by atoms with Gasteiger partial charge in [-0.1, -0.05) is 6.07 Å². The van der Waals surface area contributed by atoms with Crippen LogP contribution >= 0.6 is 0 Å². The molecule has 1 atom stereocenters. The highest BCUT2D eigenvalue weighted by atomic mass is 16.6. The highest BCUT2D eigenvalue weighted by molar-refractivity contribution is 5.47. The molecule has 1 aromatic carbocycles. The average Bonchev–Trinajstić information content (AvgIpc) is 2.50. The van der Waals surface area contributed by atoms with Gasteiger partial charge in [-0.2, -0.15) is 0 Å². The Kier molecular flexibility index (Phi) is 3.54. The largest absolute Gasteiger partial charge is 0.486 e. The molecular weight excluding hydrogens is 254 g/mol. The van der Waals surface area contributed by atoms with Gasteiger partial charge in [-0.05, 0) is 41.8 Å². The van der Waals surface area contributed by atoms with Gasteiger partial charge < -0.3 is 9.47 Å². The van der Waals surface area contributed by atoms with Crippen LogP contribution in [0.2, 0.25) is 0 Å². The van der Waals surface area contributed by atoms with Crippen LogP contribution < -0.4 is 20.7 Å². The van der Waals surface area contributed by atoms with Gasteiger partial charge in [-0.25, -0.2) is 5.43 Å². The number of aryl methyl sites for hydroxylation is 1. The van der Waals surface area contributed by atoms with Crippen molar-refractivity contribution in [2.24, 2.45) is 5.84 Å². The summed E-state index contributed by atoms with van der Waals surface area (Å²) < 4.78 is 11.2. The number of hydrogen-bond acceptors (Lipinski definition) is 5. The zero-order chi connectivity index (χ0) is 13.9. The highest BCUT2D eigenvalue weighted by Crippen LogP contribution is 2.34. The molecule has 20 heavy (non-hydrogen) atoms. The predicted octanol–water partition coefficient (Wildman–Crippen LogP) is 1.71. The number of nitrogens with zero attached hydrogens (tertiary/aromatic N) is 1. The molecule has 0 fully saturated rings. The number of benzene rings is 1. The van der Waals surface area contributed by atoms with Crippen LogP contribution in [-0.4, -0.2) is 18.2 Å². The van der Waals surface area contributed by atoms with E-state index >= 15 is 0 Å². The Bertz CT molecular complexity index is 616. The van der Waals surface area contributed by atoms with E-state index in [4.69, 9.17) is 15.3 Å². The summed E-state index contributed by atoms with van der Waals surface area (Å²) in [6.07, 6.45) is 3.60. The van der Waals surface area contributed by atoms with Gasteiger partial charge in [0.15, 0.2) is 11.5 Å². The third kappa shape index (κ3) is 2.33. The standard InChI is InChI=1S/C15H17N3O2/c1-10-9-17-5-4-12(10)15(18-16)11-2-3-13-14(8-11)20-7-6-19-13/h2-5,8-9,15,18H,6-7,16H2,1H3. The van der Waals surface area contributed by atoms with Crippen LogP contribution in [-0.2, 0) is 0 Å². The number of hydrazine groups is 1. The summed E-state index contributed by atoms with van der Waals surface area (Å²) >= 11 is 0. The zero-order valence-electron chi connectivity index (χ0n) is 11.3. The zero-order valence-corrected chi connectivity index (χ0v) is 11.3. The number of aromatic nitrogens is 1. The van der Waals surface area contributed by atoms with E-state index in [9.17, 15) is 0 Å². The van der Waals surface area contributed by atoms with Crippen molar-refractivity contribution in [3.05, 3.63) is 53.3 Å². The lowest BCUT2D eigenvalue weighted by Gasteiger charge is -2.22. The van der Waals surface area contributed by atoms with Crippen molar-refractivity contribution < 1.29 is 9.47 Å². The molecule has 0 saturated heterocycles. The first kappa shape index (κ1) is 12.9. The number of nitrogens with two attached hydrogens (primary N) is 1. The van der Waals surface area contributed by atoms with Gasteiger partial charge in [0.25, 0.3) is 0 Å². The topological polar surface area (TPSA) is 69.4 Å². The summed E-state index contributed by atoms with van der Waals surface area (Å²) in [5.74, 6) is 7.28. The van der Waals surface area contributed by atoms with Crippen molar-refractivity contribution in [3.63, 3.8) is 0 Å². The lowest BCUT2D eigenvalue weighted by molar-refractivity contribution is 0.171. The van der Waals surface area contributed by atoms with E-state index in [0.29, 0.717) is 13.2 Å². The number of nitrogens with one attached hydrogen (secondary N) is 1. The predicted molar refractivity (Wildman–Crippen MR) is 75.6 cm³/mol. The third-order valence-corrected chi connectivity index (χ3v) is 3.44. The number of hydrogen-bond donors (Lipinski definition) is 2. The van der Waals surface area contributed by atoms with Crippen molar-refractivity contribution in [2.75, 3.05) is 13.2 Å². The number of rotatable bonds is 3. The first-order chi connectivity index (χ1) is 9.79. The monoisotopic (exact) mass is 271 g/mol. The minimum atomic E-state index is -0.103. The Morgan fingerprint density at radius 3 is 2.75 bits per heavy atom. The second kappa shape index (κ2) is 5.48. The van der Waals surface area contributed by atoms with Crippen molar-refractivity contribution in [3.8, 4) is 11.5 Å². The average molecular weight is 271 g/mol. The fourth-order valence-corrected chi connectivity index (χ4v) is 2.41. The molecule has 1 unspecified atom stereocenters. The molecule has 0 aliphatic carbocycles. The molecule has 0 saturated carbocycles. The maximum atomic E-state index is 5.74. The molecule has 0 amide bonds. The minimum absolute atomic E-state index is 0.103. The Morgan fingerprint density at radius 2 is 2.00 bits per heavy atom. The van der Waals surface area contributed by atoms with Crippen LogP contribution in [0, 0.1) is 6.92 Å². The summed E-state index contributed by atoms with van der Waals surface area (Å²) in [4.78, 5) is 4.11. The molecule has 2 aromatic rings. The maximum Gasteiger partial charge on any atom is 0.161 e. The van der Waals surface area contributed by atoms with E-state index in [1.54, 1.807) is 6.20 Å². The maximum absolute atomic E-state index is 5.74. The van der Waals surface area contributed by atoms with Crippen molar-refractivity contribution >= 4 is 0 Å². The Labute approximate surface area is 117 Å². The Hall–Kier alpha value is -2.11. The quantitative estimate of drug-likeness (QED) is 0.657. The van der Waals surface area contributed by atoms with E-state index in [-0.39, 0.29) is 6.04 Å². The van der Waals surface area contributed by atoms with Gasteiger partial charge in [0.2, 0.25) is 0 Å². The van der Waals surface area contributed by atoms with E-state index in [0.717, 1.165) is 28.2 Å². The van der Waals surface area contributed by atoms with Gasteiger partial charge in [0, 0.05) is 12.4 Å². The van der Waals surface area contributed by atoms with Gasteiger partial charge >= 0.3 is 0 Å². The SMILES string of the molecule is Cc1cnccc1C(NN)c1ccc2c(c1)OCCO2. The number of pyridine rings is 1. The van der Waals surface area contributed by atoms with Crippen LogP contribution in [0.25, 0.3) is 0 Å². The summed E-state index contributed by atoms with van der Waals surface area (Å²) in [6, 6.07) is 7.76. The van der Waals surface area contributed by atoms with Gasteiger partial charge in [-0.15, -0.1) is 0 Å². The molecule has 0 spiro atoms. The fourth-order valence-electron chi connectivity index (χ4n) is 2.41. The molecule has 1 aliphatic heterocycles. The molecule has 0 radical (unpaired) electrons. The Balaban J connectivity index is 1.99. The second-order valence-corrected chi connectivity index (χ2v) is 4.74. The molecule has 5 heteroatoms. The van der Waals surface area contributed by atoms with E-state index < -0.39 is 0 Å². The first-order valence-electron chi connectivity index (χ1n) is 6.56. The van der Waals surface area contributed by atoms with E-state index in [1.165, 1.54) is 0 Å². The van der Waals surface area contributed by atoms with Gasteiger partial charge in [0.1, 0.15) is 13.2 Å². The van der Waals surface area contributed by atoms with E-state index in [1.807, 2.05) is 37.4 Å². The lowest BCUT2D eigenvalue weighted by Crippen LogP contribution is -2.29. The van der Waals surface area contributed by atoms with Crippen molar-refractivity contribution in [1.82, 2.24) is 10.4 Å². The summed E-state index contributed by atoms with van der Waals surface area (Å²) in [5.41, 5.74) is 6.08. The van der Waals surface area contributed by atoms with Gasteiger partial charge in [-0.3, -0.25) is 10.8 Å². The summed E-state index contributed by atoms with van der Waals surface area (Å²) in [5, 5.41) is 0.